The van der Waals surface area contributed by atoms with Crippen LogP contribution in [0.4, 0.5) is 0 Å². The third-order valence-electron chi connectivity index (χ3n) is 5.86. The quantitative estimate of drug-likeness (QED) is 0.512. The monoisotopic (exact) mass is 421 g/mol. The highest BCUT2D eigenvalue weighted by atomic mass is 35.5. The maximum Gasteiger partial charge on any atom is 0.223 e. The maximum absolute atomic E-state index is 12.7. The summed E-state index contributed by atoms with van der Waals surface area (Å²) in [6.07, 6.45) is 3.19. The minimum atomic E-state index is 0.203. The Hall–Kier alpha value is -2.83. The molecule has 1 aliphatic heterocycles. The molecule has 1 fully saturated rings. The SMILES string of the molecule is O=C(CCc1nc2ccccc2[nH]1)N1CCN(Cc2c[nH]c3ccc(Cl)cc23)CC1. The van der Waals surface area contributed by atoms with Gasteiger partial charge in [-0.3, -0.25) is 9.69 Å². The first kappa shape index (κ1) is 19.2. The highest BCUT2D eigenvalue weighted by molar-refractivity contribution is 6.31. The number of carbonyl (C=O) groups excluding carboxylic acids is 1. The number of aromatic nitrogens is 3. The van der Waals surface area contributed by atoms with Crippen molar-refractivity contribution < 1.29 is 4.79 Å². The van der Waals surface area contributed by atoms with Gasteiger partial charge in [0, 0.05) is 67.7 Å². The fraction of sp³-hybridized carbons (Fsp3) is 0.304. The molecule has 1 saturated heterocycles. The van der Waals surface area contributed by atoms with Crippen molar-refractivity contribution in [2.75, 3.05) is 26.2 Å². The highest BCUT2D eigenvalue weighted by Gasteiger charge is 2.22. The van der Waals surface area contributed by atoms with Crippen molar-refractivity contribution in [1.82, 2.24) is 24.8 Å². The van der Waals surface area contributed by atoms with Gasteiger partial charge in [-0.15, -0.1) is 0 Å². The van der Waals surface area contributed by atoms with E-state index >= 15 is 0 Å². The molecule has 2 aromatic carbocycles. The molecule has 0 unspecified atom stereocenters. The number of rotatable bonds is 5. The Morgan fingerprint density at radius 3 is 2.73 bits per heavy atom. The number of halogens is 1. The zero-order valence-corrected chi connectivity index (χ0v) is 17.5. The number of benzene rings is 2. The van der Waals surface area contributed by atoms with Crippen LogP contribution in [0.3, 0.4) is 0 Å². The average molecular weight is 422 g/mol. The topological polar surface area (TPSA) is 68.0 Å². The minimum absolute atomic E-state index is 0.203. The van der Waals surface area contributed by atoms with E-state index in [1.807, 2.05) is 47.4 Å². The van der Waals surface area contributed by atoms with E-state index in [4.69, 9.17) is 11.6 Å². The van der Waals surface area contributed by atoms with Crippen molar-refractivity contribution in [1.29, 1.82) is 0 Å². The molecule has 7 heteroatoms. The lowest BCUT2D eigenvalue weighted by Crippen LogP contribution is -2.48. The van der Waals surface area contributed by atoms with E-state index in [9.17, 15) is 4.79 Å². The third kappa shape index (κ3) is 3.93. The molecule has 30 heavy (non-hydrogen) atoms. The summed E-state index contributed by atoms with van der Waals surface area (Å²) in [7, 11) is 0. The van der Waals surface area contributed by atoms with Crippen LogP contribution in [0, 0.1) is 0 Å². The largest absolute Gasteiger partial charge is 0.361 e. The van der Waals surface area contributed by atoms with E-state index < -0.39 is 0 Å². The van der Waals surface area contributed by atoms with Gasteiger partial charge in [0.1, 0.15) is 5.82 Å². The second-order valence-corrected chi connectivity index (χ2v) is 8.30. The van der Waals surface area contributed by atoms with E-state index in [1.54, 1.807) is 0 Å². The number of carbonyl (C=O) groups is 1. The minimum Gasteiger partial charge on any atom is -0.361 e. The van der Waals surface area contributed by atoms with Crippen LogP contribution in [0.25, 0.3) is 21.9 Å². The summed E-state index contributed by atoms with van der Waals surface area (Å²) >= 11 is 6.16. The Bertz CT molecular complexity index is 1160. The summed E-state index contributed by atoms with van der Waals surface area (Å²) in [5, 5.41) is 1.93. The molecule has 1 aliphatic rings. The summed E-state index contributed by atoms with van der Waals surface area (Å²) in [6.45, 7) is 4.15. The van der Waals surface area contributed by atoms with Crippen molar-refractivity contribution in [2.24, 2.45) is 0 Å². The first-order chi connectivity index (χ1) is 14.7. The molecule has 5 rings (SSSR count). The van der Waals surface area contributed by atoms with Gasteiger partial charge in [0.15, 0.2) is 0 Å². The molecule has 6 nitrogen and oxygen atoms in total. The Balaban J connectivity index is 1.14. The zero-order chi connectivity index (χ0) is 20.5. The fourth-order valence-electron chi connectivity index (χ4n) is 4.19. The molecule has 3 heterocycles. The van der Waals surface area contributed by atoms with Gasteiger partial charge in [0.05, 0.1) is 11.0 Å². The molecule has 0 radical (unpaired) electrons. The van der Waals surface area contributed by atoms with Gasteiger partial charge in [-0.1, -0.05) is 23.7 Å². The predicted octanol–water partition coefficient (Wildman–Crippen LogP) is 3.97. The van der Waals surface area contributed by atoms with Crippen LogP contribution in [0.2, 0.25) is 5.02 Å². The van der Waals surface area contributed by atoms with Gasteiger partial charge in [-0.05, 0) is 35.9 Å². The average Bonchev–Trinajstić information content (AvgIpc) is 3.36. The van der Waals surface area contributed by atoms with Crippen LogP contribution in [0.1, 0.15) is 17.8 Å². The molecule has 1 amide bonds. The lowest BCUT2D eigenvalue weighted by molar-refractivity contribution is -0.133. The fourth-order valence-corrected chi connectivity index (χ4v) is 4.36. The van der Waals surface area contributed by atoms with Crippen molar-refractivity contribution >= 4 is 39.4 Å². The predicted molar refractivity (Wildman–Crippen MR) is 120 cm³/mol. The van der Waals surface area contributed by atoms with E-state index in [0.29, 0.717) is 12.8 Å². The van der Waals surface area contributed by atoms with Crippen LogP contribution in [0.5, 0.6) is 0 Å². The second-order valence-electron chi connectivity index (χ2n) is 7.86. The molecular formula is C23H24ClN5O. The van der Waals surface area contributed by atoms with Gasteiger partial charge >= 0.3 is 0 Å². The highest BCUT2D eigenvalue weighted by Crippen LogP contribution is 2.24. The van der Waals surface area contributed by atoms with Gasteiger partial charge in [-0.2, -0.15) is 0 Å². The summed E-state index contributed by atoms with van der Waals surface area (Å²) in [5.74, 6) is 1.08. The number of aromatic amines is 2. The molecule has 154 valence electrons. The van der Waals surface area contributed by atoms with Crippen LogP contribution in [-0.4, -0.2) is 56.8 Å². The number of H-pyrrole nitrogens is 2. The van der Waals surface area contributed by atoms with E-state index in [1.165, 1.54) is 10.9 Å². The lowest BCUT2D eigenvalue weighted by Gasteiger charge is -2.34. The number of fused-ring (bicyclic) bond motifs is 2. The smallest absolute Gasteiger partial charge is 0.223 e. The molecule has 2 aromatic heterocycles. The van der Waals surface area contributed by atoms with Crippen molar-refractivity contribution in [3.63, 3.8) is 0 Å². The third-order valence-corrected chi connectivity index (χ3v) is 6.10. The molecule has 0 saturated carbocycles. The molecule has 4 aromatic rings. The Kier molecular flexibility index (Phi) is 5.19. The number of amides is 1. The van der Waals surface area contributed by atoms with Crippen LogP contribution in [0.15, 0.2) is 48.7 Å². The van der Waals surface area contributed by atoms with E-state index in [2.05, 4.69) is 26.0 Å². The first-order valence-corrected chi connectivity index (χ1v) is 10.7. The number of nitrogens with zero attached hydrogens (tertiary/aromatic N) is 3. The molecule has 0 atom stereocenters. The number of nitrogens with one attached hydrogen (secondary N) is 2. The summed E-state index contributed by atoms with van der Waals surface area (Å²) < 4.78 is 0. The standard InChI is InChI=1S/C23H24ClN5O/c24-17-5-6-19-18(13-17)16(14-25-19)15-28-9-11-29(12-10-28)23(30)8-7-22-26-20-3-1-2-4-21(20)27-22/h1-6,13-14,25H,7-12,15H2,(H,26,27). The zero-order valence-electron chi connectivity index (χ0n) is 16.7. The summed E-state index contributed by atoms with van der Waals surface area (Å²) in [4.78, 5) is 28.2. The van der Waals surface area contributed by atoms with Gasteiger partial charge in [0.2, 0.25) is 5.91 Å². The first-order valence-electron chi connectivity index (χ1n) is 10.3. The van der Waals surface area contributed by atoms with Crippen LogP contribution in [-0.2, 0) is 17.8 Å². The van der Waals surface area contributed by atoms with Gasteiger partial charge in [0.25, 0.3) is 0 Å². The van der Waals surface area contributed by atoms with Crippen LogP contribution >= 0.6 is 11.6 Å². The number of hydrogen-bond donors (Lipinski definition) is 2. The van der Waals surface area contributed by atoms with Crippen molar-refractivity contribution in [3.05, 3.63) is 65.1 Å². The Morgan fingerprint density at radius 2 is 1.90 bits per heavy atom. The second kappa shape index (κ2) is 8.13. The number of imidazole rings is 1. The van der Waals surface area contributed by atoms with Gasteiger partial charge in [-0.25, -0.2) is 4.98 Å². The molecule has 0 spiro atoms. The number of hydrogen-bond acceptors (Lipinski definition) is 3. The molecule has 0 bridgehead atoms. The van der Waals surface area contributed by atoms with Crippen LogP contribution < -0.4 is 0 Å². The van der Waals surface area contributed by atoms with Gasteiger partial charge < -0.3 is 14.9 Å². The maximum atomic E-state index is 12.7. The summed E-state index contributed by atoms with van der Waals surface area (Å²) in [6, 6.07) is 13.9. The molecular weight excluding hydrogens is 398 g/mol. The lowest BCUT2D eigenvalue weighted by atomic mass is 10.1. The number of para-hydroxylation sites is 2. The van der Waals surface area contributed by atoms with E-state index in [0.717, 1.165) is 60.1 Å². The van der Waals surface area contributed by atoms with Crippen molar-refractivity contribution in [2.45, 2.75) is 19.4 Å². The number of piperazine rings is 1. The Labute approximate surface area is 179 Å². The normalized spacial score (nSPS) is 15.3. The van der Waals surface area contributed by atoms with Crippen molar-refractivity contribution in [3.8, 4) is 0 Å². The molecule has 2 N–H and O–H groups in total. The summed E-state index contributed by atoms with van der Waals surface area (Å²) in [5.41, 5.74) is 4.32. The number of aryl methyl sites for hydroxylation is 1. The van der Waals surface area contributed by atoms with E-state index in [-0.39, 0.29) is 5.91 Å². The molecule has 0 aliphatic carbocycles. The Morgan fingerprint density at radius 1 is 1.07 bits per heavy atom.